The molecule has 2 heterocycles. The molecule has 0 bridgehead atoms. The van der Waals surface area contributed by atoms with E-state index in [2.05, 4.69) is 10.3 Å². The average molecular weight is 460 g/mol. The van der Waals surface area contributed by atoms with Gasteiger partial charge in [0.25, 0.3) is 0 Å². The number of fused-ring (bicyclic) bond motifs is 1. The lowest BCUT2D eigenvalue weighted by Crippen LogP contribution is -2.56. The van der Waals surface area contributed by atoms with Gasteiger partial charge in [0.15, 0.2) is 0 Å². The van der Waals surface area contributed by atoms with Crippen LogP contribution in [0.3, 0.4) is 0 Å². The molecule has 0 spiro atoms. The van der Waals surface area contributed by atoms with Crippen LogP contribution in [-0.4, -0.2) is 53.2 Å². The predicted molar refractivity (Wildman–Crippen MR) is 115 cm³/mol. The summed E-state index contributed by atoms with van der Waals surface area (Å²) in [5, 5.41) is 2.64. The second kappa shape index (κ2) is 8.84. The molecule has 1 fully saturated rings. The summed E-state index contributed by atoms with van der Waals surface area (Å²) < 4.78 is 38.2. The van der Waals surface area contributed by atoms with Crippen LogP contribution in [-0.2, 0) is 33.4 Å². The van der Waals surface area contributed by atoms with Crippen molar-refractivity contribution in [3.05, 3.63) is 53.2 Å². The Balaban J connectivity index is 1.36. The molecule has 0 radical (unpaired) electrons. The number of benzene rings is 1. The van der Waals surface area contributed by atoms with Gasteiger partial charge in [-0.15, -0.1) is 0 Å². The number of anilines is 2. The minimum Gasteiger partial charge on any atom is -0.353 e. The molecule has 1 N–H and O–H groups in total. The minimum absolute atomic E-state index is 0.189. The largest absolute Gasteiger partial charge is 0.417 e. The molecule has 1 saturated heterocycles. The van der Waals surface area contributed by atoms with E-state index < -0.39 is 23.6 Å². The number of nitrogens with one attached hydrogen (secondary N) is 1. The number of hydrogen-bond acceptors (Lipinski definition) is 5. The van der Waals surface area contributed by atoms with Crippen molar-refractivity contribution < 1.29 is 27.6 Å². The highest BCUT2D eigenvalue weighted by atomic mass is 19.4. The summed E-state index contributed by atoms with van der Waals surface area (Å²) in [6, 6.07) is 7.22. The molecule has 4 rings (SSSR count). The Hall–Kier alpha value is -3.43. The number of ketones is 1. The van der Waals surface area contributed by atoms with Crippen molar-refractivity contribution in [1.82, 2.24) is 9.88 Å². The fourth-order valence-corrected chi connectivity index (χ4v) is 4.21. The summed E-state index contributed by atoms with van der Waals surface area (Å²) in [5.74, 6) is -0.849. The lowest BCUT2D eigenvalue weighted by molar-refractivity contribution is -0.144. The molecule has 10 heteroatoms. The highest BCUT2D eigenvalue weighted by Gasteiger charge is 2.33. The van der Waals surface area contributed by atoms with Crippen LogP contribution in [0.25, 0.3) is 0 Å². The first-order chi connectivity index (χ1) is 15.6. The number of halogens is 3. The van der Waals surface area contributed by atoms with Gasteiger partial charge in [-0.3, -0.25) is 14.4 Å². The highest BCUT2D eigenvalue weighted by Crippen LogP contribution is 2.30. The molecule has 174 valence electrons. The van der Waals surface area contributed by atoms with Gasteiger partial charge in [-0.05, 0) is 48.7 Å². The maximum Gasteiger partial charge on any atom is 0.417 e. The van der Waals surface area contributed by atoms with Crippen LogP contribution in [0.1, 0.15) is 30.0 Å². The van der Waals surface area contributed by atoms with Crippen LogP contribution in [0, 0.1) is 0 Å². The topological polar surface area (TPSA) is 82.6 Å². The fraction of sp³-hybridized carbons (Fsp3) is 0.391. The molecule has 0 unspecified atom stereocenters. The number of nitrogens with zero attached hydrogens (tertiary/aromatic N) is 3. The van der Waals surface area contributed by atoms with E-state index in [0.29, 0.717) is 43.9 Å². The van der Waals surface area contributed by atoms with E-state index in [1.54, 1.807) is 30.0 Å². The van der Waals surface area contributed by atoms with Crippen molar-refractivity contribution in [2.75, 3.05) is 29.9 Å². The summed E-state index contributed by atoms with van der Waals surface area (Å²) in [6.07, 6.45) is -2.19. The second-order valence-corrected chi connectivity index (χ2v) is 8.35. The Morgan fingerprint density at radius 2 is 1.88 bits per heavy atom. The molecule has 1 aliphatic heterocycles. The van der Waals surface area contributed by atoms with Gasteiger partial charge in [0, 0.05) is 50.4 Å². The van der Waals surface area contributed by atoms with Gasteiger partial charge in [-0.1, -0.05) is 6.07 Å². The normalized spacial score (nSPS) is 18.7. The standard InChI is InChI=1S/C23H23F3N4O3/c1-14-13-29(20-7-4-17(12-27-20)23(24,25)26)8-9-30(14)22(33)21(32)28-18-5-2-16-11-19(31)6-3-15(16)10-18/h2,4-5,7,10,12,14H,3,6,8-9,11,13H2,1H3,(H,28,32)/t14-/m1/s1. The van der Waals surface area contributed by atoms with Crippen LogP contribution in [0.4, 0.5) is 24.7 Å². The second-order valence-electron chi connectivity index (χ2n) is 8.35. The number of amides is 2. The molecule has 2 aliphatic rings. The molecular weight excluding hydrogens is 437 g/mol. The number of rotatable bonds is 2. The first kappa shape index (κ1) is 22.8. The molecule has 1 atom stereocenters. The number of aromatic nitrogens is 1. The van der Waals surface area contributed by atoms with E-state index in [4.69, 9.17) is 0 Å². The number of pyridine rings is 1. The van der Waals surface area contributed by atoms with E-state index in [0.717, 1.165) is 23.4 Å². The van der Waals surface area contributed by atoms with Crippen molar-refractivity contribution in [3.8, 4) is 0 Å². The smallest absolute Gasteiger partial charge is 0.353 e. The zero-order valence-corrected chi connectivity index (χ0v) is 18.0. The van der Waals surface area contributed by atoms with Crippen molar-refractivity contribution >= 4 is 29.1 Å². The van der Waals surface area contributed by atoms with Crippen molar-refractivity contribution in [2.45, 2.75) is 38.4 Å². The SMILES string of the molecule is C[C@@H]1CN(c2ccc(C(F)(F)F)cn2)CCN1C(=O)C(=O)Nc1ccc2c(c1)CCC(=O)C2. The van der Waals surface area contributed by atoms with Gasteiger partial charge in [-0.25, -0.2) is 4.98 Å². The van der Waals surface area contributed by atoms with Gasteiger partial charge in [-0.2, -0.15) is 13.2 Å². The van der Waals surface area contributed by atoms with E-state index in [-0.39, 0.29) is 18.4 Å². The predicted octanol–water partition coefficient (Wildman–Crippen LogP) is 2.83. The molecule has 2 aromatic rings. The lowest BCUT2D eigenvalue weighted by atomic mass is 9.90. The number of Topliss-reactive ketones (excluding diaryl/α,β-unsaturated/α-hetero) is 1. The summed E-state index contributed by atoms with van der Waals surface area (Å²) in [7, 11) is 0. The fourth-order valence-electron chi connectivity index (χ4n) is 4.21. The number of alkyl halides is 3. The first-order valence-corrected chi connectivity index (χ1v) is 10.7. The van der Waals surface area contributed by atoms with Crippen LogP contribution < -0.4 is 10.2 Å². The Labute approximate surface area is 188 Å². The summed E-state index contributed by atoms with van der Waals surface area (Å²) in [4.78, 5) is 44.1. The Bertz CT molecular complexity index is 1090. The van der Waals surface area contributed by atoms with Crippen LogP contribution in [0.15, 0.2) is 36.5 Å². The van der Waals surface area contributed by atoms with Gasteiger partial charge in [0.2, 0.25) is 0 Å². The maximum atomic E-state index is 12.8. The summed E-state index contributed by atoms with van der Waals surface area (Å²) in [5.41, 5.74) is 1.61. The maximum absolute atomic E-state index is 12.8. The van der Waals surface area contributed by atoms with Gasteiger partial charge >= 0.3 is 18.0 Å². The van der Waals surface area contributed by atoms with Crippen LogP contribution >= 0.6 is 0 Å². The Kier molecular flexibility index (Phi) is 6.09. The number of carbonyl (C=O) groups excluding carboxylic acids is 3. The van der Waals surface area contributed by atoms with E-state index >= 15 is 0 Å². The third kappa shape index (κ3) is 4.99. The molecular formula is C23H23F3N4O3. The number of piperazine rings is 1. The third-order valence-corrected chi connectivity index (χ3v) is 6.01. The molecule has 33 heavy (non-hydrogen) atoms. The molecule has 1 aromatic carbocycles. The van der Waals surface area contributed by atoms with Gasteiger partial charge in [0.05, 0.1) is 5.56 Å². The summed E-state index contributed by atoms with van der Waals surface area (Å²) in [6.45, 7) is 2.69. The zero-order chi connectivity index (χ0) is 23.8. The quantitative estimate of drug-likeness (QED) is 0.697. The van der Waals surface area contributed by atoms with Gasteiger partial charge < -0.3 is 15.1 Å². The van der Waals surface area contributed by atoms with Crippen molar-refractivity contribution in [1.29, 1.82) is 0 Å². The van der Waals surface area contributed by atoms with E-state index in [1.807, 2.05) is 0 Å². The molecule has 1 aliphatic carbocycles. The summed E-state index contributed by atoms with van der Waals surface area (Å²) >= 11 is 0. The zero-order valence-electron chi connectivity index (χ0n) is 18.0. The monoisotopic (exact) mass is 460 g/mol. The van der Waals surface area contributed by atoms with Crippen LogP contribution in [0.2, 0.25) is 0 Å². The van der Waals surface area contributed by atoms with Crippen LogP contribution in [0.5, 0.6) is 0 Å². The van der Waals surface area contributed by atoms with Crippen molar-refractivity contribution in [2.24, 2.45) is 0 Å². The highest BCUT2D eigenvalue weighted by molar-refractivity contribution is 6.39. The minimum atomic E-state index is -4.45. The molecule has 1 aromatic heterocycles. The Morgan fingerprint density at radius 1 is 1.09 bits per heavy atom. The number of carbonyl (C=O) groups is 3. The van der Waals surface area contributed by atoms with Crippen molar-refractivity contribution in [3.63, 3.8) is 0 Å². The average Bonchev–Trinajstić information content (AvgIpc) is 2.78. The number of aryl methyl sites for hydroxylation is 1. The third-order valence-electron chi connectivity index (χ3n) is 6.01. The van der Waals surface area contributed by atoms with E-state index in [1.165, 1.54) is 11.0 Å². The molecule has 2 amide bonds. The van der Waals surface area contributed by atoms with E-state index in [9.17, 15) is 27.6 Å². The molecule has 0 saturated carbocycles. The van der Waals surface area contributed by atoms with Gasteiger partial charge in [0.1, 0.15) is 11.6 Å². The Morgan fingerprint density at radius 3 is 2.55 bits per heavy atom. The lowest BCUT2D eigenvalue weighted by Gasteiger charge is -2.40. The molecule has 7 nitrogen and oxygen atoms in total. The number of hydrogen-bond donors (Lipinski definition) is 1. The first-order valence-electron chi connectivity index (χ1n) is 10.7.